The third kappa shape index (κ3) is 3.14. The summed E-state index contributed by atoms with van der Waals surface area (Å²) in [6.07, 6.45) is 3.60. The zero-order valence-corrected chi connectivity index (χ0v) is 13.7. The van der Waals surface area contributed by atoms with Gasteiger partial charge in [-0.25, -0.2) is 4.68 Å². The highest BCUT2D eigenvalue weighted by Crippen LogP contribution is 2.35. The molecule has 0 saturated carbocycles. The van der Waals surface area contributed by atoms with Gasteiger partial charge < -0.3 is 10.6 Å². The number of methoxy groups -OCH3 is 1. The maximum Gasteiger partial charge on any atom is 0.210 e. The monoisotopic (exact) mass is 327 g/mol. The summed E-state index contributed by atoms with van der Waals surface area (Å²) in [7, 11) is 1.62. The first kappa shape index (κ1) is 15.4. The molecular formula is C16H17N5OS. The first-order valence-corrected chi connectivity index (χ1v) is 7.99. The number of nitrogens with zero attached hydrogens (tertiary/aromatic N) is 4. The molecule has 6 nitrogen and oxygen atoms in total. The molecule has 0 radical (unpaired) electrons. The summed E-state index contributed by atoms with van der Waals surface area (Å²) in [5.74, 6) is 7.47. The standard InChI is InChI=1S/C16H17N5OS/c1-11(12-6-5-9-18-10-12)23-16-20-19-15(21(16)17)13-7-3-4-8-14(13)22-2/h3-11H,17H2,1-2H3/t11-/m1/s1. The van der Waals surface area contributed by atoms with Crippen LogP contribution in [0.2, 0.25) is 0 Å². The van der Waals surface area contributed by atoms with Gasteiger partial charge in [0.1, 0.15) is 5.75 Å². The highest BCUT2D eigenvalue weighted by atomic mass is 32.2. The van der Waals surface area contributed by atoms with E-state index in [2.05, 4.69) is 22.1 Å². The average molecular weight is 327 g/mol. The van der Waals surface area contributed by atoms with Crippen molar-refractivity contribution in [2.75, 3.05) is 13.0 Å². The predicted molar refractivity (Wildman–Crippen MR) is 90.7 cm³/mol. The van der Waals surface area contributed by atoms with Crippen LogP contribution in [0.1, 0.15) is 17.7 Å². The number of pyridine rings is 1. The molecule has 0 fully saturated rings. The summed E-state index contributed by atoms with van der Waals surface area (Å²) in [6.45, 7) is 2.08. The Morgan fingerprint density at radius 3 is 2.74 bits per heavy atom. The minimum absolute atomic E-state index is 0.167. The number of thioether (sulfide) groups is 1. The fourth-order valence-electron chi connectivity index (χ4n) is 2.21. The smallest absolute Gasteiger partial charge is 0.210 e. The Balaban J connectivity index is 1.88. The highest BCUT2D eigenvalue weighted by Gasteiger charge is 2.18. The minimum atomic E-state index is 0.167. The maximum absolute atomic E-state index is 6.18. The zero-order chi connectivity index (χ0) is 16.2. The molecule has 0 saturated heterocycles. The van der Waals surface area contributed by atoms with Crippen molar-refractivity contribution >= 4 is 11.8 Å². The van der Waals surface area contributed by atoms with Gasteiger partial charge >= 0.3 is 0 Å². The Bertz CT molecular complexity index is 790. The molecule has 0 aliphatic rings. The second-order valence-electron chi connectivity index (χ2n) is 4.92. The molecule has 23 heavy (non-hydrogen) atoms. The highest BCUT2D eigenvalue weighted by molar-refractivity contribution is 7.99. The number of para-hydroxylation sites is 1. The number of ether oxygens (including phenoxy) is 1. The molecule has 0 aliphatic heterocycles. The van der Waals surface area contributed by atoms with Gasteiger partial charge in [-0.1, -0.05) is 30.0 Å². The zero-order valence-electron chi connectivity index (χ0n) is 12.9. The number of rotatable bonds is 5. The van der Waals surface area contributed by atoms with E-state index in [1.54, 1.807) is 13.3 Å². The van der Waals surface area contributed by atoms with Crippen molar-refractivity contribution in [3.05, 3.63) is 54.4 Å². The van der Waals surface area contributed by atoms with Crippen molar-refractivity contribution < 1.29 is 4.74 Å². The Morgan fingerprint density at radius 2 is 2.00 bits per heavy atom. The Hall–Kier alpha value is -2.54. The number of benzene rings is 1. The number of nitrogen functional groups attached to an aromatic ring is 1. The summed E-state index contributed by atoms with van der Waals surface area (Å²) in [5.41, 5.74) is 1.92. The van der Waals surface area contributed by atoms with E-state index in [0.29, 0.717) is 16.7 Å². The minimum Gasteiger partial charge on any atom is -0.496 e. The quantitative estimate of drug-likeness (QED) is 0.573. The van der Waals surface area contributed by atoms with Crippen molar-refractivity contribution in [1.29, 1.82) is 0 Å². The van der Waals surface area contributed by atoms with Crippen LogP contribution in [0.25, 0.3) is 11.4 Å². The summed E-state index contributed by atoms with van der Waals surface area (Å²) >= 11 is 1.54. The van der Waals surface area contributed by atoms with Crippen molar-refractivity contribution in [2.24, 2.45) is 0 Å². The summed E-state index contributed by atoms with van der Waals surface area (Å²) in [5, 5.41) is 9.23. The van der Waals surface area contributed by atoms with Gasteiger partial charge in [-0.05, 0) is 30.7 Å². The Kier molecular flexibility index (Phi) is 4.47. The van der Waals surface area contributed by atoms with E-state index in [1.807, 2.05) is 42.6 Å². The topological polar surface area (TPSA) is 78.9 Å². The Labute approximate surface area is 138 Å². The van der Waals surface area contributed by atoms with Crippen LogP contribution in [-0.4, -0.2) is 27.0 Å². The number of hydrogen-bond donors (Lipinski definition) is 1. The number of aromatic nitrogens is 4. The second kappa shape index (κ2) is 6.70. The van der Waals surface area contributed by atoms with Crippen LogP contribution in [0.4, 0.5) is 0 Å². The molecular weight excluding hydrogens is 310 g/mol. The summed E-state index contributed by atoms with van der Waals surface area (Å²) in [4.78, 5) is 4.14. The fraction of sp³-hybridized carbons (Fsp3) is 0.188. The van der Waals surface area contributed by atoms with Crippen LogP contribution >= 0.6 is 11.8 Å². The van der Waals surface area contributed by atoms with E-state index in [-0.39, 0.29) is 5.25 Å². The van der Waals surface area contributed by atoms with E-state index in [9.17, 15) is 0 Å². The molecule has 0 aliphatic carbocycles. The van der Waals surface area contributed by atoms with Gasteiger partial charge in [0.15, 0.2) is 5.82 Å². The van der Waals surface area contributed by atoms with Crippen LogP contribution in [0.3, 0.4) is 0 Å². The molecule has 0 bridgehead atoms. The first-order valence-electron chi connectivity index (χ1n) is 7.11. The van der Waals surface area contributed by atoms with E-state index in [4.69, 9.17) is 10.6 Å². The average Bonchev–Trinajstić information content (AvgIpc) is 2.96. The van der Waals surface area contributed by atoms with Gasteiger partial charge in [-0.15, -0.1) is 10.2 Å². The van der Waals surface area contributed by atoms with Gasteiger partial charge in [0.2, 0.25) is 5.16 Å². The normalized spacial score (nSPS) is 12.1. The van der Waals surface area contributed by atoms with E-state index >= 15 is 0 Å². The van der Waals surface area contributed by atoms with Crippen molar-refractivity contribution in [3.63, 3.8) is 0 Å². The molecule has 0 unspecified atom stereocenters. The van der Waals surface area contributed by atoms with Crippen molar-refractivity contribution in [3.8, 4) is 17.1 Å². The maximum atomic E-state index is 6.18. The van der Waals surface area contributed by atoms with E-state index in [1.165, 1.54) is 16.4 Å². The van der Waals surface area contributed by atoms with Gasteiger partial charge in [0.05, 0.1) is 12.7 Å². The number of nitrogens with two attached hydrogens (primary N) is 1. The number of hydrogen-bond acceptors (Lipinski definition) is 6. The molecule has 1 aromatic carbocycles. The van der Waals surface area contributed by atoms with Crippen molar-refractivity contribution in [2.45, 2.75) is 17.3 Å². The second-order valence-corrected chi connectivity index (χ2v) is 6.23. The first-order chi connectivity index (χ1) is 11.2. The van der Waals surface area contributed by atoms with E-state index in [0.717, 1.165) is 11.1 Å². The molecule has 3 rings (SSSR count). The third-order valence-electron chi connectivity index (χ3n) is 3.45. The lowest BCUT2D eigenvalue weighted by Crippen LogP contribution is -2.12. The summed E-state index contributed by atoms with van der Waals surface area (Å²) in [6, 6.07) is 11.5. The molecule has 118 valence electrons. The largest absolute Gasteiger partial charge is 0.496 e. The lowest BCUT2D eigenvalue weighted by molar-refractivity contribution is 0.416. The fourth-order valence-corrected chi connectivity index (χ4v) is 3.09. The van der Waals surface area contributed by atoms with Gasteiger partial charge in [0, 0.05) is 17.6 Å². The van der Waals surface area contributed by atoms with Crippen LogP contribution in [0, 0.1) is 0 Å². The van der Waals surface area contributed by atoms with Crippen LogP contribution in [-0.2, 0) is 0 Å². The molecule has 0 amide bonds. The van der Waals surface area contributed by atoms with Gasteiger partial charge in [-0.2, -0.15) is 0 Å². The third-order valence-corrected chi connectivity index (χ3v) is 4.56. The van der Waals surface area contributed by atoms with Gasteiger partial charge in [-0.3, -0.25) is 4.98 Å². The van der Waals surface area contributed by atoms with E-state index < -0.39 is 0 Å². The Morgan fingerprint density at radius 1 is 1.17 bits per heavy atom. The SMILES string of the molecule is COc1ccccc1-c1nnc(S[C@H](C)c2cccnc2)n1N. The lowest BCUT2D eigenvalue weighted by Gasteiger charge is -2.11. The molecule has 0 spiro atoms. The molecule has 7 heteroatoms. The lowest BCUT2D eigenvalue weighted by atomic mass is 10.2. The van der Waals surface area contributed by atoms with Crippen LogP contribution in [0.15, 0.2) is 53.9 Å². The molecule has 1 atom stereocenters. The van der Waals surface area contributed by atoms with Gasteiger partial charge in [0.25, 0.3) is 0 Å². The summed E-state index contributed by atoms with van der Waals surface area (Å²) < 4.78 is 6.86. The molecule has 2 aromatic heterocycles. The van der Waals surface area contributed by atoms with Crippen LogP contribution in [0.5, 0.6) is 5.75 Å². The molecule has 2 N–H and O–H groups in total. The van der Waals surface area contributed by atoms with Crippen molar-refractivity contribution in [1.82, 2.24) is 19.9 Å². The molecule has 2 heterocycles. The van der Waals surface area contributed by atoms with Crippen LogP contribution < -0.4 is 10.6 Å². The molecule has 3 aromatic rings. The predicted octanol–water partition coefficient (Wildman–Crippen LogP) is 2.92.